The molecule has 146 valence electrons. The summed E-state index contributed by atoms with van der Waals surface area (Å²) in [6.45, 7) is -0.579. The van der Waals surface area contributed by atoms with Crippen molar-refractivity contribution in [2.45, 2.75) is 30.4 Å². The van der Waals surface area contributed by atoms with E-state index in [4.69, 9.17) is 22.2 Å². The fraction of sp³-hybridized carbons (Fsp3) is 0.438. The molecule has 10 nitrogen and oxygen atoms in total. The number of halogens is 1. The minimum Gasteiger partial charge on any atom is -0.394 e. The second kappa shape index (κ2) is 6.60. The van der Waals surface area contributed by atoms with E-state index in [1.54, 1.807) is 12.1 Å². The highest BCUT2D eigenvalue weighted by molar-refractivity contribution is 6.15. The van der Waals surface area contributed by atoms with E-state index in [1.165, 1.54) is 4.90 Å². The van der Waals surface area contributed by atoms with E-state index in [2.05, 4.69) is 10.3 Å². The molecule has 3 aliphatic rings. The second-order valence-electron chi connectivity index (χ2n) is 6.55. The smallest absolute Gasteiger partial charge is 0.269 e. The predicted molar refractivity (Wildman–Crippen MR) is 94.4 cm³/mol. The van der Waals surface area contributed by atoms with E-state index in [9.17, 15) is 20.4 Å². The van der Waals surface area contributed by atoms with Crippen LogP contribution in [-0.2, 0) is 4.74 Å². The van der Waals surface area contributed by atoms with Crippen molar-refractivity contribution < 1.29 is 25.2 Å². The highest BCUT2D eigenvalue weighted by Crippen LogP contribution is 2.42. The molecule has 27 heavy (non-hydrogen) atoms. The molecule has 0 aromatic heterocycles. The third-order valence-electron chi connectivity index (χ3n) is 4.88. The standard InChI is InChI=1S/C16H20ClN5O5/c17-22-7-21(15-11(25)10(24)9(6-23)27-15)16(26)12(22)13(18)19-14(20-16)8-4-2-1-3-5-8/h1-5,9-11,15,23-26H,6-7,18H2,(H,19,20)/t9-,10-,11-,15-,16?/m1/s1. The van der Waals surface area contributed by atoms with Crippen LogP contribution in [0.4, 0.5) is 0 Å². The number of rotatable bonds is 3. The number of fused-ring (bicyclic) bond motifs is 1. The van der Waals surface area contributed by atoms with Gasteiger partial charge < -0.3 is 36.2 Å². The van der Waals surface area contributed by atoms with Crippen LogP contribution >= 0.6 is 11.8 Å². The number of benzene rings is 1. The summed E-state index contributed by atoms with van der Waals surface area (Å²) in [5.41, 5.74) is 6.85. The Kier molecular flexibility index (Phi) is 4.51. The number of aliphatic hydroxyl groups is 4. The van der Waals surface area contributed by atoms with Crippen molar-refractivity contribution in [3.63, 3.8) is 0 Å². The SMILES string of the molecule is NC1=C2N(Cl)CN([C@@H]3O[C@H](CO)[C@@H](O)[C@H]3O)C2(O)N=C(c2ccccc2)N1. The Hall–Kier alpha value is -1.92. The molecule has 2 saturated heterocycles. The van der Waals surface area contributed by atoms with Crippen LogP contribution in [0, 0.1) is 0 Å². The van der Waals surface area contributed by atoms with Gasteiger partial charge in [0.25, 0.3) is 5.85 Å². The predicted octanol–water partition coefficient (Wildman–Crippen LogP) is -2.02. The van der Waals surface area contributed by atoms with Crippen molar-refractivity contribution in [2.75, 3.05) is 13.3 Å². The summed E-state index contributed by atoms with van der Waals surface area (Å²) in [6, 6.07) is 9.04. The lowest BCUT2D eigenvalue weighted by atomic mass is 10.1. The number of aliphatic imine (C=N–C) groups is 1. The van der Waals surface area contributed by atoms with Crippen LogP contribution in [0.5, 0.6) is 0 Å². The number of amidine groups is 1. The van der Waals surface area contributed by atoms with E-state index < -0.39 is 37.0 Å². The van der Waals surface area contributed by atoms with Gasteiger partial charge in [0.15, 0.2) is 0 Å². The second-order valence-corrected chi connectivity index (χ2v) is 6.96. The van der Waals surface area contributed by atoms with Crippen molar-refractivity contribution in [1.29, 1.82) is 0 Å². The molecule has 1 aromatic carbocycles. The van der Waals surface area contributed by atoms with E-state index in [-0.39, 0.29) is 18.2 Å². The van der Waals surface area contributed by atoms with Crippen molar-refractivity contribution in [1.82, 2.24) is 14.6 Å². The van der Waals surface area contributed by atoms with Crippen LogP contribution in [-0.4, -0.2) is 79.2 Å². The van der Waals surface area contributed by atoms with Crippen molar-refractivity contribution in [3.8, 4) is 0 Å². The number of ether oxygens (including phenoxy) is 1. The summed E-state index contributed by atoms with van der Waals surface area (Å²) in [5, 5.41) is 44.0. The fourth-order valence-electron chi connectivity index (χ4n) is 3.53. The number of nitrogens with two attached hydrogens (primary N) is 1. The molecular formula is C16H20ClN5O5. The van der Waals surface area contributed by atoms with Gasteiger partial charge in [0, 0.05) is 17.3 Å². The normalized spacial score (nSPS) is 36.6. The molecule has 0 radical (unpaired) electrons. The zero-order valence-electron chi connectivity index (χ0n) is 14.1. The Labute approximate surface area is 159 Å². The molecule has 0 spiro atoms. The maximum Gasteiger partial charge on any atom is 0.269 e. The summed E-state index contributed by atoms with van der Waals surface area (Å²) >= 11 is 6.23. The monoisotopic (exact) mass is 397 g/mol. The van der Waals surface area contributed by atoms with Gasteiger partial charge in [-0.25, -0.2) is 9.89 Å². The average molecular weight is 398 g/mol. The van der Waals surface area contributed by atoms with Crippen LogP contribution in [0.3, 0.4) is 0 Å². The van der Waals surface area contributed by atoms with Gasteiger partial charge >= 0.3 is 0 Å². The molecule has 7 N–H and O–H groups in total. The first-order chi connectivity index (χ1) is 12.9. The lowest BCUT2D eigenvalue weighted by Gasteiger charge is -2.36. The third-order valence-corrected chi connectivity index (χ3v) is 5.16. The van der Waals surface area contributed by atoms with Gasteiger partial charge in [-0.2, -0.15) is 0 Å². The van der Waals surface area contributed by atoms with Gasteiger partial charge in [0.1, 0.15) is 41.9 Å². The summed E-state index contributed by atoms with van der Waals surface area (Å²) < 4.78 is 6.69. The van der Waals surface area contributed by atoms with Gasteiger partial charge in [-0.15, -0.1) is 0 Å². The van der Waals surface area contributed by atoms with Crippen molar-refractivity contribution >= 4 is 17.6 Å². The molecule has 0 saturated carbocycles. The maximum absolute atomic E-state index is 11.4. The highest BCUT2D eigenvalue weighted by Gasteiger charge is 2.59. The summed E-state index contributed by atoms with van der Waals surface area (Å²) in [7, 11) is 0. The number of aliphatic hydroxyl groups excluding tert-OH is 3. The molecule has 5 atom stereocenters. The zero-order chi connectivity index (χ0) is 19.3. The van der Waals surface area contributed by atoms with E-state index >= 15 is 0 Å². The van der Waals surface area contributed by atoms with E-state index in [0.29, 0.717) is 11.4 Å². The molecule has 3 heterocycles. The molecule has 1 aromatic rings. The first kappa shape index (κ1) is 18.4. The maximum atomic E-state index is 11.4. The van der Waals surface area contributed by atoms with Crippen molar-refractivity contribution in [2.24, 2.45) is 10.7 Å². The van der Waals surface area contributed by atoms with Crippen LogP contribution in [0.2, 0.25) is 0 Å². The highest BCUT2D eigenvalue weighted by atomic mass is 35.5. The minimum atomic E-state index is -2.03. The van der Waals surface area contributed by atoms with Crippen LogP contribution in [0.1, 0.15) is 5.56 Å². The molecule has 11 heteroatoms. The minimum absolute atomic E-state index is 0.0848. The Bertz CT molecular complexity index is 793. The number of hydrogen-bond acceptors (Lipinski definition) is 10. The Morgan fingerprint density at radius 1 is 1.30 bits per heavy atom. The van der Waals surface area contributed by atoms with Gasteiger partial charge in [-0.1, -0.05) is 30.3 Å². The fourth-order valence-corrected chi connectivity index (χ4v) is 3.85. The molecule has 0 bridgehead atoms. The van der Waals surface area contributed by atoms with Gasteiger partial charge in [0.05, 0.1) is 13.3 Å². The summed E-state index contributed by atoms with van der Waals surface area (Å²) in [5.74, 6) is -1.63. The van der Waals surface area contributed by atoms with Gasteiger partial charge in [-0.3, -0.25) is 4.42 Å². The van der Waals surface area contributed by atoms with Gasteiger partial charge in [-0.05, 0) is 0 Å². The Balaban J connectivity index is 1.75. The molecule has 2 fully saturated rings. The van der Waals surface area contributed by atoms with E-state index in [1.807, 2.05) is 18.2 Å². The number of nitrogens with one attached hydrogen (secondary N) is 1. The zero-order valence-corrected chi connectivity index (χ0v) is 14.9. The van der Waals surface area contributed by atoms with Crippen LogP contribution in [0.15, 0.2) is 46.8 Å². The quantitative estimate of drug-likeness (QED) is 0.318. The molecule has 0 aliphatic carbocycles. The Morgan fingerprint density at radius 2 is 2.00 bits per heavy atom. The Morgan fingerprint density at radius 3 is 2.63 bits per heavy atom. The molecule has 3 aliphatic heterocycles. The van der Waals surface area contributed by atoms with Crippen LogP contribution < -0.4 is 11.1 Å². The van der Waals surface area contributed by atoms with E-state index in [0.717, 1.165) is 4.42 Å². The number of nitrogens with zero attached hydrogens (tertiary/aromatic N) is 3. The largest absolute Gasteiger partial charge is 0.394 e. The lowest BCUT2D eigenvalue weighted by molar-refractivity contribution is -0.174. The van der Waals surface area contributed by atoms with Gasteiger partial charge in [0.2, 0.25) is 0 Å². The van der Waals surface area contributed by atoms with Crippen molar-refractivity contribution in [3.05, 3.63) is 47.4 Å². The number of hydrogen-bond donors (Lipinski definition) is 6. The lowest BCUT2D eigenvalue weighted by Crippen LogP contribution is -2.56. The summed E-state index contributed by atoms with van der Waals surface area (Å²) in [4.78, 5) is 5.64. The first-order valence-electron chi connectivity index (χ1n) is 8.34. The third kappa shape index (κ3) is 2.77. The van der Waals surface area contributed by atoms with Crippen LogP contribution in [0.25, 0.3) is 0 Å². The molecule has 4 rings (SSSR count). The molecular weight excluding hydrogens is 378 g/mol. The molecule has 1 unspecified atom stereocenters. The topological polar surface area (TPSA) is 147 Å². The summed E-state index contributed by atoms with van der Waals surface area (Å²) in [6.07, 6.45) is -4.87. The molecule has 0 amide bonds. The average Bonchev–Trinajstić information content (AvgIpc) is 3.09. The first-order valence-corrected chi connectivity index (χ1v) is 8.68.